The van der Waals surface area contributed by atoms with Gasteiger partial charge in [-0.2, -0.15) is 0 Å². The van der Waals surface area contributed by atoms with Crippen molar-refractivity contribution in [1.82, 2.24) is 0 Å². The molecule has 0 bridgehead atoms. The van der Waals surface area contributed by atoms with Gasteiger partial charge in [0.25, 0.3) is 0 Å². The van der Waals surface area contributed by atoms with E-state index < -0.39 is 0 Å². The average Bonchev–Trinajstić information content (AvgIpc) is 1.85. The Morgan fingerprint density at radius 1 is 1.60 bits per heavy atom. The quantitative estimate of drug-likeness (QED) is 0.470. The minimum atomic E-state index is -0.187. The van der Waals surface area contributed by atoms with Crippen molar-refractivity contribution in [3.63, 3.8) is 0 Å². The summed E-state index contributed by atoms with van der Waals surface area (Å²) in [7, 11) is 1.39. The van der Waals surface area contributed by atoms with E-state index >= 15 is 0 Å². The minimum Gasteiger partial charge on any atom is -0.469 e. The molecule has 0 aliphatic heterocycles. The molecule has 0 aliphatic rings. The Balaban J connectivity index is 3.61. The summed E-state index contributed by atoms with van der Waals surface area (Å²) in [6.45, 7) is 3.67. The van der Waals surface area contributed by atoms with E-state index in [2.05, 4.69) is 4.74 Å². The van der Waals surface area contributed by atoms with E-state index in [1.807, 2.05) is 13.8 Å². The maximum absolute atomic E-state index is 10.8. The molecule has 0 aromatic carbocycles. The first-order chi connectivity index (χ1) is 4.57. The van der Waals surface area contributed by atoms with Crippen LogP contribution in [0.3, 0.4) is 0 Å². The summed E-state index contributed by atoms with van der Waals surface area (Å²) in [6, 6.07) is 0. The van der Waals surface area contributed by atoms with Crippen molar-refractivity contribution in [3.05, 3.63) is 0 Å². The summed E-state index contributed by atoms with van der Waals surface area (Å²) >= 11 is 5.67. The van der Waals surface area contributed by atoms with Crippen molar-refractivity contribution in [2.45, 2.75) is 25.6 Å². The zero-order chi connectivity index (χ0) is 8.15. The van der Waals surface area contributed by atoms with Crippen LogP contribution in [0.2, 0.25) is 0 Å². The normalized spacial score (nSPS) is 16.0. The van der Waals surface area contributed by atoms with Gasteiger partial charge >= 0.3 is 5.97 Å². The summed E-state index contributed by atoms with van der Waals surface area (Å²) in [4.78, 5) is 10.8. The maximum Gasteiger partial charge on any atom is 0.308 e. The van der Waals surface area contributed by atoms with Crippen LogP contribution in [0.1, 0.15) is 20.3 Å². The molecule has 0 aromatic heterocycles. The third kappa shape index (κ3) is 3.72. The average molecular weight is 165 g/mol. The highest BCUT2D eigenvalue weighted by Crippen LogP contribution is 2.11. The SMILES string of the molecule is COC(=O)C(C)CC(C)Cl. The number of ether oxygens (including phenoxy) is 1. The number of methoxy groups -OCH3 is 1. The molecule has 0 rings (SSSR count). The molecule has 0 N–H and O–H groups in total. The second kappa shape index (κ2) is 4.56. The molecule has 0 fully saturated rings. The standard InChI is InChI=1S/C7H13ClO2/c1-5(4-6(2)8)7(9)10-3/h5-6H,4H2,1-3H3. The Bertz CT molecular complexity index is 112. The molecule has 2 atom stereocenters. The molecule has 0 heterocycles. The zero-order valence-corrected chi connectivity index (χ0v) is 7.31. The van der Waals surface area contributed by atoms with Crippen molar-refractivity contribution in [3.8, 4) is 0 Å². The number of rotatable bonds is 3. The Hall–Kier alpha value is -0.240. The van der Waals surface area contributed by atoms with Gasteiger partial charge in [-0.05, 0) is 13.3 Å². The fourth-order valence-corrected chi connectivity index (χ4v) is 1.05. The van der Waals surface area contributed by atoms with Gasteiger partial charge in [0.05, 0.1) is 13.0 Å². The maximum atomic E-state index is 10.8. The van der Waals surface area contributed by atoms with Gasteiger partial charge in [0.15, 0.2) is 0 Å². The largest absolute Gasteiger partial charge is 0.469 e. The highest BCUT2D eigenvalue weighted by Gasteiger charge is 2.14. The van der Waals surface area contributed by atoms with Crippen LogP contribution in [0, 0.1) is 5.92 Å². The number of alkyl halides is 1. The highest BCUT2D eigenvalue weighted by atomic mass is 35.5. The van der Waals surface area contributed by atoms with E-state index in [1.165, 1.54) is 7.11 Å². The lowest BCUT2D eigenvalue weighted by molar-refractivity contribution is -0.145. The van der Waals surface area contributed by atoms with E-state index in [9.17, 15) is 4.79 Å². The van der Waals surface area contributed by atoms with Gasteiger partial charge in [0.2, 0.25) is 0 Å². The molecule has 10 heavy (non-hydrogen) atoms. The molecule has 0 aromatic rings. The van der Waals surface area contributed by atoms with Gasteiger partial charge in [-0.25, -0.2) is 0 Å². The molecule has 0 radical (unpaired) electrons. The predicted octanol–water partition coefficient (Wildman–Crippen LogP) is 1.81. The van der Waals surface area contributed by atoms with Crippen LogP contribution in [-0.2, 0) is 9.53 Å². The number of carbonyl (C=O) groups excluding carboxylic acids is 1. The van der Waals surface area contributed by atoms with Crippen LogP contribution in [-0.4, -0.2) is 18.5 Å². The molecule has 0 aliphatic carbocycles. The van der Waals surface area contributed by atoms with Gasteiger partial charge < -0.3 is 4.74 Å². The molecule has 60 valence electrons. The summed E-state index contributed by atoms with van der Waals surface area (Å²) in [5, 5.41) is 0.0362. The summed E-state index contributed by atoms with van der Waals surface area (Å²) in [5.74, 6) is -0.273. The molecule has 0 spiro atoms. The van der Waals surface area contributed by atoms with E-state index in [0.29, 0.717) is 6.42 Å². The molecule has 2 nitrogen and oxygen atoms in total. The van der Waals surface area contributed by atoms with Crippen LogP contribution >= 0.6 is 11.6 Å². The van der Waals surface area contributed by atoms with Crippen molar-refractivity contribution in [2.75, 3.05) is 7.11 Å². The first-order valence-corrected chi connectivity index (χ1v) is 3.73. The lowest BCUT2D eigenvalue weighted by atomic mass is 10.1. The van der Waals surface area contributed by atoms with Crippen molar-refractivity contribution >= 4 is 17.6 Å². The molecule has 0 saturated heterocycles. The first-order valence-electron chi connectivity index (χ1n) is 3.29. The van der Waals surface area contributed by atoms with Gasteiger partial charge in [0, 0.05) is 5.38 Å². The minimum absolute atomic E-state index is 0.0362. The first kappa shape index (κ1) is 9.76. The third-order valence-corrected chi connectivity index (χ3v) is 1.46. The lowest BCUT2D eigenvalue weighted by Crippen LogP contribution is -2.15. The second-order valence-corrected chi connectivity index (χ2v) is 3.19. The van der Waals surface area contributed by atoms with Crippen LogP contribution in [0.4, 0.5) is 0 Å². The fraction of sp³-hybridized carbons (Fsp3) is 0.857. The monoisotopic (exact) mass is 164 g/mol. The summed E-state index contributed by atoms with van der Waals surface area (Å²) < 4.78 is 4.52. The number of carbonyl (C=O) groups is 1. The Labute approximate surface area is 66.5 Å². The smallest absolute Gasteiger partial charge is 0.308 e. The van der Waals surface area contributed by atoms with Gasteiger partial charge in [-0.15, -0.1) is 11.6 Å². The third-order valence-electron chi connectivity index (χ3n) is 1.28. The molecular formula is C7H13ClO2. The van der Waals surface area contributed by atoms with E-state index in [-0.39, 0.29) is 17.3 Å². The van der Waals surface area contributed by atoms with Crippen LogP contribution < -0.4 is 0 Å². The van der Waals surface area contributed by atoms with Crippen LogP contribution in [0.5, 0.6) is 0 Å². The molecule has 2 unspecified atom stereocenters. The van der Waals surface area contributed by atoms with E-state index in [1.54, 1.807) is 0 Å². The molecule has 0 saturated carbocycles. The number of esters is 1. The summed E-state index contributed by atoms with van der Waals surface area (Å²) in [5.41, 5.74) is 0. The highest BCUT2D eigenvalue weighted by molar-refractivity contribution is 6.20. The topological polar surface area (TPSA) is 26.3 Å². The van der Waals surface area contributed by atoms with E-state index in [4.69, 9.17) is 11.6 Å². The Kier molecular flexibility index (Phi) is 4.45. The molecule has 3 heteroatoms. The number of hydrogen-bond acceptors (Lipinski definition) is 2. The van der Waals surface area contributed by atoms with Crippen molar-refractivity contribution in [1.29, 1.82) is 0 Å². The van der Waals surface area contributed by atoms with Crippen LogP contribution in [0.25, 0.3) is 0 Å². The van der Waals surface area contributed by atoms with Crippen molar-refractivity contribution < 1.29 is 9.53 Å². The molecular weight excluding hydrogens is 152 g/mol. The zero-order valence-electron chi connectivity index (χ0n) is 6.56. The number of halogens is 1. The predicted molar refractivity (Wildman–Crippen MR) is 41.1 cm³/mol. The fourth-order valence-electron chi connectivity index (χ4n) is 0.785. The van der Waals surface area contributed by atoms with Gasteiger partial charge in [0.1, 0.15) is 0 Å². The second-order valence-electron chi connectivity index (χ2n) is 2.44. The van der Waals surface area contributed by atoms with E-state index in [0.717, 1.165) is 0 Å². The summed E-state index contributed by atoms with van der Waals surface area (Å²) in [6.07, 6.45) is 0.675. The van der Waals surface area contributed by atoms with Gasteiger partial charge in [-0.1, -0.05) is 6.92 Å². The van der Waals surface area contributed by atoms with Crippen molar-refractivity contribution in [2.24, 2.45) is 5.92 Å². The number of hydrogen-bond donors (Lipinski definition) is 0. The van der Waals surface area contributed by atoms with Crippen LogP contribution in [0.15, 0.2) is 0 Å². The Morgan fingerprint density at radius 2 is 2.10 bits per heavy atom. The lowest BCUT2D eigenvalue weighted by Gasteiger charge is -2.09. The molecule has 0 amide bonds. The van der Waals surface area contributed by atoms with Gasteiger partial charge in [-0.3, -0.25) is 4.79 Å². The Morgan fingerprint density at radius 3 is 2.40 bits per heavy atom.